The molecule has 3 aromatic rings. The number of para-hydroxylation sites is 1. The molecule has 0 fully saturated rings. The second kappa shape index (κ2) is 4.86. The maximum Gasteiger partial charge on any atom is 0.184 e. The van der Waals surface area contributed by atoms with Crippen molar-refractivity contribution in [3.63, 3.8) is 0 Å². The molecule has 0 aliphatic heterocycles. The molecule has 0 unspecified atom stereocenters. The summed E-state index contributed by atoms with van der Waals surface area (Å²) in [6.07, 6.45) is 1.77. The van der Waals surface area contributed by atoms with E-state index in [1.807, 2.05) is 24.3 Å². The number of nitrogens with zero attached hydrogens (tertiary/aromatic N) is 2. The average molecular weight is 271 g/mol. The molecule has 0 amide bonds. The van der Waals surface area contributed by atoms with E-state index < -0.39 is 0 Å². The standard InChI is InChI=1S/C15H11ClN2O/c16-13-7-5-11(6-8-13)15(19)10-18-14-4-2-1-3-12(14)9-17-18/h1-9H,10H2. The van der Waals surface area contributed by atoms with Crippen LogP contribution in [0.25, 0.3) is 10.9 Å². The number of Topliss-reactive ketones (excluding diaryl/α,β-unsaturated/α-hetero) is 1. The molecule has 3 nitrogen and oxygen atoms in total. The van der Waals surface area contributed by atoms with Crippen molar-refractivity contribution < 1.29 is 4.79 Å². The van der Waals surface area contributed by atoms with Crippen LogP contribution in [0, 0.1) is 0 Å². The lowest BCUT2D eigenvalue weighted by atomic mass is 10.1. The maximum atomic E-state index is 12.2. The lowest BCUT2D eigenvalue weighted by Crippen LogP contribution is -2.11. The van der Waals surface area contributed by atoms with E-state index in [9.17, 15) is 4.79 Å². The fourth-order valence-electron chi connectivity index (χ4n) is 2.01. The molecule has 0 radical (unpaired) electrons. The van der Waals surface area contributed by atoms with Gasteiger partial charge in [0.1, 0.15) is 6.54 Å². The van der Waals surface area contributed by atoms with Gasteiger partial charge in [0.15, 0.2) is 5.78 Å². The van der Waals surface area contributed by atoms with Gasteiger partial charge in [0.05, 0.1) is 11.7 Å². The first kappa shape index (κ1) is 11.9. The summed E-state index contributed by atoms with van der Waals surface area (Å²) in [5, 5.41) is 5.91. The van der Waals surface area contributed by atoms with Crippen LogP contribution in [0.2, 0.25) is 5.02 Å². The first-order valence-corrected chi connectivity index (χ1v) is 6.31. The molecule has 0 saturated carbocycles. The summed E-state index contributed by atoms with van der Waals surface area (Å²) in [7, 11) is 0. The lowest BCUT2D eigenvalue weighted by Gasteiger charge is -2.03. The quantitative estimate of drug-likeness (QED) is 0.682. The summed E-state index contributed by atoms with van der Waals surface area (Å²) in [5.74, 6) is 0.0190. The number of hydrogen-bond donors (Lipinski definition) is 0. The highest BCUT2D eigenvalue weighted by atomic mass is 35.5. The average Bonchev–Trinajstić information content (AvgIpc) is 2.83. The van der Waals surface area contributed by atoms with Crippen molar-refractivity contribution in [1.29, 1.82) is 0 Å². The molecule has 0 aliphatic carbocycles. The molecule has 0 bridgehead atoms. The van der Waals surface area contributed by atoms with Gasteiger partial charge in [-0.25, -0.2) is 0 Å². The number of carbonyl (C=O) groups is 1. The third-order valence-electron chi connectivity index (χ3n) is 3.01. The minimum absolute atomic E-state index is 0.0190. The molecular weight excluding hydrogens is 260 g/mol. The fraction of sp³-hybridized carbons (Fsp3) is 0.0667. The molecule has 0 saturated heterocycles. The minimum atomic E-state index is 0.0190. The van der Waals surface area contributed by atoms with Gasteiger partial charge in [0.2, 0.25) is 0 Å². The number of hydrogen-bond acceptors (Lipinski definition) is 2. The van der Waals surface area contributed by atoms with Gasteiger partial charge in [-0.05, 0) is 30.3 Å². The SMILES string of the molecule is O=C(Cn1ncc2ccccc21)c1ccc(Cl)cc1. The number of ketones is 1. The molecule has 19 heavy (non-hydrogen) atoms. The zero-order chi connectivity index (χ0) is 13.2. The van der Waals surface area contributed by atoms with Crippen LogP contribution in [-0.2, 0) is 6.54 Å². The van der Waals surface area contributed by atoms with Crippen LogP contribution in [0.1, 0.15) is 10.4 Å². The number of rotatable bonds is 3. The summed E-state index contributed by atoms with van der Waals surface area (Å²) in [4.78, 5) is 12.2. The summed E-state index contributed by atoms with van der Waals surface area (Å²) < 4.78 is 1.71. The van der Waals surface area contributed by atoms with Crippen LogP contribution < -0.4 is 0 Å². The summed E-state index contributed by atoms with van der Waals surface area (Å²) in [6.45, 7) is 0.231. The van der Waals surface area contributed by atoms with E-state index in [-0.39, 0.29) is 12.3 Å². The van der Waals surface area contributed by atoms with Crippen LogP contribution >= 0.6 is 11.6 Å². The smallest absolute Gasteiger partial charge is 0.184 e. The van der Waals surface area contributed by atoms with E-state index in [1.54, 1.807) is 35.1 Å². The topological polar surface area (TPSA) is 34.9 Å². The Morgan fingerprint density at radius 3 is 2.63 bits per heavy atom. The summed E-state index contributed by atoms with van der Waals surface area (Å²) >= 11 is 5.81. The van der Waals surface area contributed by atoms with Crippen molar-refractivity contribution in [2.24, 2.45) is 0 Å². The number of aromatic nitrogens is 2. The zero-order valence-corrected chi connectivity index (χ0v) is 10.8. The number of benzene rings is 2. The highest BCUT2D eigenvalue weighted by Gasteiger charge is 2.09. The molecule has 0 N–H and O–H groups in total. The van der Waals surface area contributed by atoms with Gasteiger partial charge in [-0.15, -0.1) is 0 Å². The van der Waals surface area contributed by atoms with E-state index in [0.717, 1.165) is 10.9 Å². The fourth-order valence-corrected chi connectivity index (χ4v) is 2.14. The van der Waals surface area contributed by atoms with Crippen LogP contribution in [0.5, 0.6) is 0 Å². The van der Waals surface area contributed by atoms with E-state index in [1.165, 1.54) is 0 Å². The number of fused-ring (bicyclic) bond motifs is 1. The molecule has 1 heterocycles. The van der Waals surface area contributed by atoms with Gasteiger partial charge < -0.3 is 0 Å². The Labute approximate surface area is 115 Å². The molecule has 3 rings (SSSR count). The Morgan fingerprint density at radius 1 is 1.11 bits per heavy atom. The molecule has 0 atom stereocenters. The van der Waals surface area contributed by atoms with Gasteiger partial charge in [0, 0.05) is 16.0 Å². The Morgan fingerprint density at radius 2 is 1.84 bits per heavy atom. The van der Waals surface area contributed by atoms with Crippen molar-refractivity contribution in [2.75, 3.05) is 0 Å². The Bertz CT molecular complexity index is 731. The van der Waals surface area contributed by atoms with Crippen molar-refractivity contribution in [3.05, 3.63) is 65.3 Å². The van der Waals surface area contributed by atoms with E-state index in [4.69, 9.17) is 11.6 Å². The second-order valence-corrected chi connectivity index (χ2v) is 4.73. The molecule has 0 spiro atoms. The largest absolute Gasteiger partial charge is 0.292 e. The van der Waals surface area contributed by atoms with E-state index in [2.05, 4.69) is 5.10 Å². The normalized spacial score (nSPS) is 10.8. The zero-order valence-electron chi connectivity index (χ0n) is 10.1. The molecule has 2 aromatic carbocycles. The number of carbonyl (C=O) groups excluding carboxylic acids is 1. The Kier molecular flexibility index (Phi) is 3.05. The van der Waals surface area contributed by atoms with Crippen LogP contribution in [0.15, 0.2) is 54.7 Å². The van der Waals surface area contributed by atoms with Gasteiger partial charge in [-0.3, -0.25) is 9.48 Å². The van der Waals surface area contributed by atoms with Gasteiger partial charge in [0.25, 0.3) is 0 Å². The van der Waals surface area contributed by atoms with Gasteiger partial charge in [-0.1, -0.05) is 29.8 Å². The highest BCUT2D eigenvalue weighted by Crippen LogP contribution is 2.14. The molecule has 0 aliphatic rings. The molecule has 94 valence electrons. The first-order chi connectivity index (χ1) is 9.24. The first-order valence-electron chi connectivity index (χ1n) is 5.93. The molecule has 4 heteroatoms. The minimum Gasteiger partial charge on any atom is -0.292 e. The predicted molar refractivity (Wildman–Crippen MR) is 75.5 cm³/mol. The van der Waals surface area contributed by atoms with Crippen molar-refractivity contribution in [2.45, 2.75) is 6.54 Å². The maximum absolute atomic E-state index is 12.2. The van der Waals surface area contributed by atoms with Crippen LogP contribution in [0.4, 0.5) is 0 Å². The summed E-state index contributed by atoms with van der Waals surface area (Å²) in [6, 6.07) is 14.7. The van der Waals surface area contributed by atoms with Crippen LogP contribution in [-0.4, -0.2) is 15.6 Å². The van der Waals surface area contributed by atoms with E-state index >= 15 is 0 Å². The highest BCUT2D eigenvalue weighted by molar-refractivity contribution is 6.30. The Balaban J connectivity index is 1.89. The van der Waals surface area contributed by atoms with Gasteiger partial charge >= 0.3 is 0 Å². The second-order valence-electron chi connectivity index (χ2n) is 4.29. The van der Waals surface area contributed by atoms with E-state index in [0.29, 0.717) is 10.6 Å². The molecule has 1 aromatic heterocycles. The lowest BCUT2D eigenvalue weighted by molar-refractivity contribution is 0.0969. The third kappa shape index (κ3) is 2.37. The molecular formula is C15H11ClN2O. The van der Waals surface area contributed by atoms with Crippen molar-refractivity contribution >= 4 is 28.3 Å². The monoisotopic (exact) mass is 270 g/mol. The van der Waals surface area contributed by atoms with Crippen LogP contribution in [0.3, 0.4) is 0 Å². The predicted octanol–water partition coefficient (Wildman–Crippen LogP) is 3.57. The number of halogens is 1. The third-order valence-corrected chi connectivity index (χ3v) is 3.26. The summed E-state index contributed by atoms with van der Waals surface area (Å²) in [5.41, 5.74) is 1.61. The van der Waals surface area contributed by atoms with Gasteiger partial charge in [-0.2, -0.15) is 5.10 Å². The van der Waals surface area contributed by atoms with Crippen molar-refractivity contribution in [1.82, 2.24) is 9.78 Å². The Hall–Kier alpha value is -2.13. The van der Waals surface area contributed by atoms with Crippen molar-refractivity contribution in [3.8, 4) is 0 Å².